The van der Waals surface area contributed by atoms with E-state index < -0.39 is 6.17 Å². The fourth-order valence-corrected chi connectivity index (χ4v) is 1.23. The van der Waals surface area contributed by atoms with E-state index in [1.54, 1.807) is 24.5 Å². The van der Waals surface area contributed by atoms with Gasteiger partial charge in [-0.3, -0.25) is 0 Å². The lowest BCUT2D eigenvalue weighted by molar-refractivity contribution is 0.371. The highest BCUT2D eigenvalue weighted by Gasteiger charge is 2.11. The van der Waals surface area contributed by atoms with Crippen LogP contribution in [0.5, 0.6) is 0 Å². The summed E-state index contributed by atoms with van der Waals surface area (Å²) in [6, 6.07) is 3.39. The second kappa shape index (κ2) is 3.53. The second-order valence-corrected chi connectivity index (χ2v) is 2.88. The van der Waals surface area contributed by atoms with Crippen LogP contribution in [-0.4, -0.2) is 20.0 Å². The number of hydrogen-bond acceptors (Lipinski definition) is 3. The number of pyridine rings is 1. The molecule has 0 aromatic carbocycles. The molecule has 0 saturated heterocycles. The number of aromatic nitrogens is 4. The van der Waals surface area contributed by atoms with E-state index in [9.17, 15) is 4.39 Å². The molecule has 14 heavy (non-hydrogen) atoms. The van der Waals surface area contributed by atoms with Crippen molar-refractivity contribution < 1.29 is 4.39 Å². The highest BCUT2D eigenvalue weighted by molar-refractivity contribution is 5.33. The molecule has 0 amide bonds. The van der Waals surface area contributed by atoms with Gasteiger partial charge in [0.15, 0.2) is 5.82 Å². The Balaban J connectivity index is 2.53. The van der Waals surface area contributed by atoms with Crippen LogP contribution in [0.2, 0.25) is 0 Å². The molecule has 0 fully saturated rings. The summed E-state index contributed by atoms with van der Waals surface area (Å²) in [6.07, 6.45) is 3.70. The molecule has 0 aliphatic rings. The molecule has 0 aliphatic heterocycles. The van der Waals surface area contributed by atoms with Gasteiger partial charge in [0.05, 0.1) is 12.4 Å². The van der Waals surface area contributed by atoms with E-state index in [4.69, 9.17) is 0 Å². The number of rotatable bonds is 2. The van der Waals surface area contributed by atoms with E-state index in [-0.39, 0.29) is 0 Å². The van der Waals surface area contributed by atoms with E-state index in [1.807, 2.05) is 0 Å². The van der Waals surface area contributed by atoms with Crippen LogP contribution in [0.3, 0.4) is 0 Å². The zero-order valence-electron chi connectivity index (χ0n) is 7.63. The van der Waals surface area contributed by atoms with Gasteiger partial charge in [0, 0.05) is 11.8 Å². The van der Waals surface area contributed by atoms with Crippen LogP contribution in [-0.2, 0) is 0 Å². The van der Waals surface area contributed by atoms with E-state index in [2.05, 4.69) is 15.3 Å². The molecule has 4 nitrogen and oxygen atoms in total. The molecule has 0 saturated carbocycles. The lowest BCUT2D eigenvalue weighted by atomic mass is 10.2. The summed E-state index contributed by atoms with van der Waals surface area (Å²) in [6.45, 7) is 1.47. The average Bonchev–Trinajstić information content (AvgIpc) is 2.70. The van der Waals surface area contributed by atoms with Gasteiger partial charge in [-0.1, -0.05) is 11.3 Å². The van der Waals surface area contributed by atoms with Crippen LogP contribution >= 0.6 is 0 Å². The summed E-state index contributed by atoms with van der Waals surface area (Å²) in [7, 11) is 0. The van der Waals surface area contributed by atoms with E-state index in [0.29, 0.717) is 11.4 Å². The van der Waals surface area contributed by atoms with Crippen molar-refractivity contribution in [1.82, 2.24) is 20.0 Å². The molecule has 2 rings (SSSR count). The summed E-state index contributed by atoms with van der Waals surface area (Å²) >= 11 is 0. The van der Waals surface area contributed by atoms with Gasteiger partial charge < -0.3 is 0 Å². The summed E-state index contributed by atoms with van der Waals surface area (Å²) in [5.74, 6) is 0.486. The SMILES string of the molecule is CC(F)c1cccnc1-n1ccnn1. The number of alkyl halides is 1. The van der Waals surface area contributed by atoms with E-state index in [1.165, 1.54) is 17.8 Å². The molecule has 2 aromatic rings. The minimum atomic E-state index is -1.07. The van der Waals surface area contributed by atoms with Gasteiger partial charge in [0.2, 0.25) is 0 Å². The first-order valence-electron chi connectivity index (χ1n) is 4.24. The third-order valence-corrected chi connectivity index (χ3v) is 1.88. The summed E-state index contributed by atoms with van der Waals surface area (Å²) in [5.41, 5.74) is 0.512. The fourth-order valence-electron chi connectivity index (χ4n) is 1.23. The number of halogens is 1. The summed E-state index contributed by atoms with van der Waals surface area (Å²) in [5, 5.41) is 7.42. The Kier molecular flexibility index (Phi) is 2.22. The average molecular weight is 192 g/mol. The molecule has 0 N–H and O–H groups in total. The lowest BCUT2D eigenvalue weighted by Crippen LogP contribution is -2.03. The van der Waals surface area contributed by atoms with Crippen molar-refractivity contribution in [3.05, 3.63) is 36.3 Å². The van der Waals surface area contributed by atoms with Gasteiger partial charge in [0.25, 0.3) is 0 Å². The van der Waals surface area contributed by atoms with Gasteiger partial charge in [-0.05, 0) is 13.0 Å². The zero-order valence-corrected chi connectivity index (χ0v) is 7.63. The molecule has 1 atom stereocenters. The van der Waals surface area contributed by atoms with Crippen molar-refractivity contribution in [2.24, 2.45) is 0 Å². The molecule has 2 aromatic heterocycles. The van der Waals surface area contributed by atoms with Crippen LogP contribution in [0.1, 0.15) is 18.7 Å². The Morgan fingerprint density at radius 2 is 2.29 bits per heavy atom. The Morgan fingerprint density at radius 1 is 1.43 bits per heavy atom. The van der Waals surface area contributed by atoms with Gasteiger partial charge in [-0.25, -0.2) is 14.1 Å². The molecule has 0 radical (unpaired) electrons. The van der Waals surface area contributed by atoms with Crippen molar-refractivity contribution in [1.29, 1.82) is 0 Å². The quantitative estimate of drug-likeness (QED) is 0.727. The molecule has 0 aliphatic carbocycles. The van der Waals surface area contributed by atoms with Gasteiger partial charge in [-0.15, -0.1) is 5.10 Å². The topological polar surface area (TPSA) is 43.6 Å². The first-order chi connectivity index (χ1) is 6.79. The van der Waals surface area contributed by atoms with Crippen molar-refractivity contribution in [3.63, 3.8) is 0 Å². The Bertz CT molecular complexity index is 411. The molecule has 5 heteroatoms. The second-order valence-electron chi connectivity index (χ2n) is 2.88. The summed E-state index contributed by atoms with van der Waals surface area (Å²) in [4.78, 5) is 4.06. The van der Waals surface area contributed by atoms with Crippen LogP contribution in [0.25, 0.3) is 5.82 Å². The van der Waals surface area contributed by atoms with Crippen molar-refractivity contribution in [2.45, 2.75) is 13.1 Å². The van der Waals surface area contributed by atoms with Gasteiger partial charge >= 0.3 is 0 Å². The Labute approximate surface area is 80.4 Å². The maximum atomic E-state index is 13.2. The number of hydrogen-bond donors (Lipinski definition) is 0. The third-order valence-electron chi connectivity index (χ3n) is 1.88. The monoisotopic (exact) mass is 192 g/mol. The van der Waals surface area contributed by atoms with Gasteiger partial charge in [0.1, 0.15) is 6.17 Å². The maximum absolute atomic E-state index is 13.2. The van der Waals surface area contributed by atoms with Crippen LogP contribution < -0.4 is 0 Å². The first-order valence-corrected chi connectivity index (χ1v) is 4.24. The molecular formula is C9H9FN4. The first kappa shape index (κ1) is 8.80. The van der Waals surface area contributed by atoms with Gasteiger partial charge in [-0.2, -0.15) is 0 Å². The highest BCUT2D eigenvalue weighted by atomic mass is 19.1. The maximum Gasteiger partial charge on any atom is 0.161 e. The zero-order chi connectivity index (χ0) is 9.97. The molecular weight excluding hydrogens is 183 g/mol. The normalized spacial score (nSPS) is 12.7. The highest BCUT2D eigenvalue weighted by Crippen LogP contribution is 2.20. The van der Waals surface area contributed by atoms with Crippen LogP contribution in [0.4, 0.5) is 4.39 Å². The fraction of sp³-hybridized carbons (Fsp3) is 0.222. The number of nitrogens with zero attached hydrogens (tertiary/aromatic N) is 4. The van der Waals surface area contributed by atoms with E-state index in [0.717, 1.165) is 0 Å². The predicted molar refractivity (Wildman–Crippen MR) is 48.7 cm³/mol. The minimum Gasteiger partial charge on any atom is -0.242 e. The van der Waals surface area contributed by atoms with Crippen molar-refractivity contribution in [3.8, 4) is 5.82 Å². The van der Waals surface area contributed by atoms with Crippen molar-refractivity contribution >= 4 is 0 Å². The minimum absolute atomic E-state index is 0.486. The Hall–Kier alpha value is -1.78. The standard InChI is InChI=1S/C9H9FN4/c1-7(10)8-3-2-4-11-9(8)14-6-5-12-13-14/h2-7H,1H3. The molecule has 72 valence electrons. The Morgan fingerprint density at radius 3 is 2.93 bits per heavy atom. The summed E-state index contributed by atoms with van der Waals surface area (Å²) < 4.78 is 14.6. The molecule has 0 spiro atoms. The largest absolute Gasteiger partial charge is 0.242 e. The van der Waals surface area contributed by atoms with Crippen LogP contribution in [0.15, 0.2) is 30.7 Å². The van der Waals surface area contributed by atoms with Crippen molar-refractivity contribution in [2.75, 3.05) is 0 Å². The molecule has 2 heterocycles. The van der Waals surface area contributed by atoms with E-state index >= 15 is 0 Å². The van der Waals surface area contributed by atoms with Crippen LogP contribution in [0, 0.1) is 0 Å². The predicted octanol–water partition coefficient (Wildman–Crippen LogP) is 1.69. The molecule has 1 unspecified atom stereocenters. The third kappa shape index (κ3) is 1.48. The smallest absolute Gasteiger partial charge is 0.161 e. The lowest BCUT2D eigenvalue weighted by Gasteiger charge is -2.07. The molecule has 0 bridgehead atoms.